The number of ether oxygens (including phenoxy) is 1. The molecular weight excluding hydrogens is 259 g/mol. The Bertz CT molecular complexity index is 673. The molecule has 1 aromatic carbocycles. The smallest absolute Gasteiger partial charge is 0.346 e. The number of hydrogen-bond donors (Lipinski definition) is 0. The topological polar surface area (TPSA) is 39.4 Å². The Labute approximate surface area is 116 Å². The van der Waals surface area contributed by atoms with Crippen molar-refractivity contribution >= 4 is 10.8 Å². The molecule has 0 aliphatic heterocycles. The molecule has 4 heteroatoms. The number of halogens is 1. The van der Waals surface area contributed by atoms with E-state index in [1.165, 1.54) is 0 Å². The van der Waals surface area contributed by atoms with E-state index in [1.54, 1.807) is 24.3 Å². The van der Waals surface area contributed by atoms with E-state index in [9.17, 15) is 9.18 Å². The summed E-state index contributed by atoms with van der Waals surface area (Å²) in [5.41, 5.74) is -0.683. The fourth-order valence-electron chi connectivity index (χ4n) is 1.95. The van der Waals surface area contributed by atoms with Gasteiger partial charge in [-0.15, -0.1) is 6.58 Å². The second-order valence-corrected chi connectivity index (χ2v) is 4.54. The second kappa shape index (κ2) is 6.37. The third-order valence-corrected chi connectivity index (χ3v) is 2.98. The number of rotatable bonds is 6. The molecule has 3 nitrogen and oxygen atoms in total. The van der Waals surface area contributed by atoms with E-state index in [0.717, 1.165) is 12.8 Å². The highest BCUT2D eigenvalue weighted by Gasteiger charge is 2.14. The van der Waals surface area contributed by atoms with Gasteiger partial charge in [-0.25, -0.2) is 9.18 Å². The Balaban J connectivity index is 2.45. The lowest BCUT2D eigenvalue weighted by atomic mass is 10.1. The van der Waals surface area contributed by atoms with Gasteiger partial charge in [-0.1, -0.05) is 25.5 Å². The summed E-state index contributed by atoms with van der Waals surface area (Å²) in [6, 6.07) is 4.87. The summed E-state index contributed by atoms with van der Waals surface area (Å²) >= 11 is 0. The van der Waals surface area contributed by atoms with Crippen LogP contribution in [0.1, 0.15) is 25.5 Å². The van der Waals surface area contributed by atoms with Crippen molar-refractivity contribution in [3.05, 3.63) is 52.9 Å². The fourth-order valence-corrected chi connectivity index (χ4v) is 1.95. The van der Waals surface area contributed by atoms with Crippen LogP contribution < -0.4 is 10.4 Å². The van der Waals surface area contributed by atoms with Crippen LogP contribution in [0.15, 0.2) is 40.1 Å². The van der Waals surface area contributed by atoms with Crippen molar-refractivity contribution in [2.24, 2.45) is 0 Å². The van der Waals surface area contributed by atoms with Crippen LogP contribution in [0, 0.1) is 5.82 Å². The van der Waals surface area contributed by atoms with Gasteiger partial charge in [0.15, 0.2) is 11.6 Å². The number of hydrogen-bond acceptors (Lipinski definition) is 3. The van der Waals surface area contributed by atoms with E-state index >= 15 is 0 Å². The van der Waals surface area contributed by atoms with Crippen molar-refractivity contribution in [3.63, 3.8) is 0 Å². The molecule has 0 atom stereocenters. The van der Waals surface area contributed by atoms with E-state index in [-0.39, 0.29) is 11.1 Å². The van der Waals surface area contributed by atoms with Gasteiger partial charge in [0.1, 0.15) is 11.1 Å². The summed E-state index contributed by atoms with van der Waals surface area (Å²) in [5.74, 6) is -0.0937. The van der Waals surface area contributed by atoms with Gasteiger partial charge in [0, 0.05) is 6.42 Å². The number of benzene rings is 1. The maximum atomic E-state index is 14.3. The molecule has 0 N–H and O–H groups in total. The Morgan fingerprint density at radius 1 is 1.45 bits per heavy atom. The molecule has 0 spiro atoms. The van der Waals surface area contributed by atoms with Crippen molar-refractivity contribution in [3.8, 4) is 5.75 Å². The molecule has 1 aromatic heterocycles. The highest BCUT2D eigenvalue weighted by molar-refractivity contribution is 5.83. The molecule has 2 aromatic rings. The summed E-state index contributed by atoms with van der Waals surface area (Å²) in [7, 11) is 0. The van der Waals surface area contributed by atoms with Crippen LogP contribution >= 0.6 is 0 Å². The van der Waals surface area contributed by atoms with Crippen molar-refractivity contribution in [1.29, 1.82) is 0 Å². The molecule has 0 bridgehead atoms. The second-order valence-electron chi connectivity index (χ2n) is 4.54. The number of fused-ring (bicyclic) bond motifs is 1. The van der Waals surface area contributed by atoms with Crippen molar-refractivity contribution in [2.45, 2.75) is 26.2 Å². The van der Waals surface area contributed by atoms with Crippen molar-refractivity contribution in [1.82, 2.24) is 0 Å². The standard InChI is InChI=1S/C16H17FO3/c1-3-5-9-19-13-8-7-11-10-12(6-4-2)20-16(18)14(11)15(13)17/h4,7-8,10H,2-3,5-6,9H2,1H3. The van der Waals surface area contributed by atoms with Crippen LogP contribution in [0.3, 0.4) is 0 Å². The van der Waals surface area contributed by atoms with Gasteiger partial charge in [-0.05, 0) is 23.9 Å². The first-order valence-corrected chi connectivity index (χ1v) is 6.66. The molecule has 0 saturated carbocycles. The monoisotopic (exact) mass is 276 g/mol. The molecule has 0 aliphatic carbocycles. The van der Waals surface area contributed by atoms with Gasteiger partial charge >= 0.3 is 5.63 Å². The Morgan fingerprint density at radius 2 is 2.25 bits per heavy atom. The van der Waals surface area contributed by atoms with Crippen LogP contribution in [0.5, 0.6) is 5.75 Å². The Kier molecular flexibility index (Phi) is 4.56. The highest BCUT2D eigenvalue weighted by atomic mass is 19.1. The van der Waals surface area contributed by atoms with Gasteiger partial charge in [0.25, 0.3) is 0 Å². The lowest BCUT2D eigenvalue weighted by Gasteiger charge is -2.08. The van der Waals surface area contributed by atoms with E-state index < -0.39 is 11.4 Å². The van der Waals surface area contributed by atoms with E-state index in [2.05, 4.69) is 6.58 Å². The average molecular weight is 276 g/mol. The quantitative estimate of drug-likeness (QED) is 0.594. The molecule has 106 valence electrons. The minimum atomic E-state index is -0.683. The summed E-state index contributed by atoms with van der Waals surface area (Å²) in [4.78, 5) is 11.9. The SMILES string of the molecule is C=CCc1cc2ccc(OCCCC)c(F)c2c(=O)o1. The van der Waals surface area contributed by atoms with Crippen molar-refractivity contribution in [2.75, 3.05) is 6.61 Å². The lowest BCUT2D eigenvalue weighted by Crippen LogP contribution is -2.06. The molecule has 2 rings (SSSR count). The maximum absolute atomic E-state index is 14.3. The molecular formula is C16H17FO3. The maximum Gasteiger partial charge on any atom is 0.346 e. The van der Waals surface area contributed by atoms with Crippen LogP contribution in [-0.2, 0) is 6.42 Å². The average Bonchev–Trinajstić information content (AvgIpc) is 2.41. The van der Waals surface area contributed by atoms with Gasteiger partial charge < -0.3 is 9.15 Å². The van der Waals surface area contributed by atoms with Gasteiger partial charge in [0.2, 0.25) is 0 Å². The van der Waals surface area contributed by atoms with Crippen LogP contribution in [0.4, 0.5) is 4.39 Å². The van der Waals surface area contributed by atoms with E-state index in [0.29, 0.717) is 24.2 Å². The predicted octanol–water partition coefficient (Wildman–Crippen LogP) is 3.84. The third kappa shape index (κ3) is 2.90. The molecule has 0 saturated heterocycles. The molecule has 0 unspecified atom stereocenters. The molecule has 0 radical (unpaired) electrons. The predicted molar refractivity (Wildman–Crippen MR) is 76.7 cm³/mol. The lowest BCUT2D eigenvalue weighted by molar-refractivity contribution is 0.295. The zero-order chi connectivity index (χ0) is 14.5. The van der Waals surface area contributed by atoms with Crippen LogP contribution in [0.25, 0.3) is 10.8 Å². The third-order valence-electron chi connectivity index (χ3n) is 2.98. The van der Waals surface area contributed by atoms with Crippen LogP contribution in [-0.4, -0.2) is 6.61 Å². The number of allylic oxidation sites excluding steroid dienone is 1. The summed E-state index contributed by atoms with van der Waals surface area (Å²) in [6.07, 6.45) is 3.86. The van der Waals surface area contributed by atoms with Gasteiger partial charge in [-0.3, -0.25) is 0 Å². The van der Waals surface area contributed by atoms with Gasteiger partial charge in [0.05, 0.1) is 6.61 Å². The first-order valence-electron chi connectivity index (χ1n) is 6.66. The fraction of sp³-hybridized carbons (Fsp3) is 0.312. The highest BCUT2D eigenvalue weighted by Crippen LogP contribution is 2.25. The van der Waals surface area contributed by atoms with Crippen LogP contribution in [0.2, 0.25) is 0 Å². The minimum Gasteiger partial charge on any atom is -0.490 e. The summed E-state index contributed by atoms with van der Waals surface area (Å²) in [6.45, 7) is 6.04. The summed E-state index contributed by atoms with van der Waals surface area (Å²) < 4.78 is 24.7. The first kappa shape index (κ1) is 14.3. The van der Waals surface area contributed by atoms with Gasteiger partial charge in [-0.2, -0.15) is 0 Å². The Hall–Kier alpha value is -2.10. The minimum absolute atomic E-state index is 0.0631. The van der Waals surface area contributed by atoms with E-state index in [4.69, 9.17) is 9.15 Å². The Morgan fingerprint density at radius 3 is 2.95 bits per heavy atom. The molecule has 1 heterocycles. The molecule has 0 fully saturated rings. The molecule has 0 amide bonds. The normalized spacial score (nSPS) is 10.7. The summed E-state index contributed by atoms with van der Waals surface area (Å²) in [5, 5.41) is 0.449. The molecule has 20 heavy (non-hydrogen) atoms. The van der Waals surface area contributed by atoms with E-state index in [1.807, 2.05) is 6.92 Å². The zero-order valence-corrected chi connectivity index (χ0v) is 11.4. The first-order chi connectivity index (χ1) is 9.67. The zero-order valence-electron chi connectivity index (χ0n) is 11.4. The largest absolute Gasteiger partial charge is 0.490 e. The number of unbranched alkanes of at least 4 members (excludes halogenated alkanes) is 1. The van der Waals surface area contributed by atoms with Crippen molar-refractivity contribution < 1.29 is 13.5 Å². The molecule has 0 aliphatic rings.